The van der Waals surface area contributed by atoms with Gasteiger partial charge in [-0.3, -0.25) is 0 Å². The molecule has 1 aliphatic heterocycles. The van der Waals surface area contributed by atoms with E-state index in [4.69, 9.17) is 26.7 Å². The Morgan fingerprint density at radius 1 is 1.09 bits per heavy atom. The highest BCUT2D eigenvalue weighted by atomic mass is 19.4. The van der Waals surface area contributed by atoms with Crippen molar-refractivity contribution in [3.8, 4) is 0 Å². The zero-order valence-corrected chi connectivity index (χ0v) is 10.8. The molecule has 0 aliphatic carbocycles. The van der Waals surface area contributed by atoms with Gasteiger partial charge in [-0.05, 0) is 6.50 Å². The molecule has 22 heavy (non-hydrogen) atoms. The second-order valence-electron chi connectivity index (χ2n) is 3.45. The number of carbonyl (C=O) groups is 2. The average molecular weight is 347 g/mol. The predicted molar refractivity (Wildman–Crippen MR) is 62.4 cm³/mol. The second-order valence-corrected chi connectivity index (χ2v) is 3.45. The fourth-order valence-corrected chi connectivity index (χ4v) is 0.777. The summed E-state index contributed by atoms with van der Waals surface area (Å²) in [5, 5.41) is 17.3. The van der Waals surface area contributed by atoms with Crippen LogP contribution in [0.3, 0.4) is 0 Å². The number of aliphatic carboxylic acids is 2. The lowest BCUT2D eigenvalue weighted by atomic mass is 10.4. The third kappa shape index (κ3) is 13.4. The number of hydrogen-bond acceptors (Lipinski definition) is 4. The van der Waals surface area contributed by atoms with E-state index in [1.54, 1.807) is 0 Å². The molecule has 0 aromatic carbocycles. The molecule has 6 nitrogen and oxygen atoms in total. The topological polar surface area (TPSA) is 89.9 Å². The van der Waals surface area contributed by atoms with Gasteiger partial charge in [-0.2, -0.15) is 26.3 Å². The van der Waals surface area contributed by atoms with Gasteiger partial charge in [0.1, 0.15) is 0 Å². The Labute approximate surface area is 128 Å². The molecule has 132 valence electrons. The van der Waals surface area contributed by atoms with Crippen molar-refractivity contribution in [2.45, 2.75) is 19.2 Å². The molecule has 1 rings (SSSR count). The van der Waals surface area contributed by atoms with Crippen LogP contribution < -0.4 is 5.32 Å². The molecule has 0 saturated carbocycles. The normalized spacial score (nSPS) is 20.4. The standard InChI is InChI=1S/C6H14N2.2C2HF3O2/c1-2-8-5-3-7-4-6-8;2*3-2(4,5)1(6)7/h7H,2-6H2,1H3;2*(H,6,7)/i1D3,2D2;;. The van der Waals surface area contributed by atoms with E-state index >= 15 is 0 Å². The van der Waals surface area contributed by atoms with Crippen LogP contribution in [0.2, 0.25) is 0 Å². The van der Waals surface area contributed by atoms with Gasteiger partial charge in [-0.1, -0.05) is 6.85 Å². The third-order valence-corrected chi connectivity index (χ3v) is 1.76. The molecule has 0 unspecified atom stereocenters. The summed E-state index contributed by atoms with van der Waals surface area (Å²) in [5.41, 5.74) is 0. The summed E-state index contributed by atoms with van der Waals surface area (Å²) in [6.45, 7) is -2.57. The number of hydrogen-bond donors (Lipinski definition) is 3. The van der Waals surface area contributed by atoms with Crippen molar-refractivity contribution in [1.82, 2.24) is 10.2 Å². The van der Waals surface area contributed by atoms with Gasteiger partial charge in [0, 0.05) is 33.0 Å². The molecule has 3 N–H and O–H groups in total. The van der Waals surface area contributed by atoms with Gasteiger partial charge in [-0.25, -0.2) is 9.59 Å². The summed E-state index contributed by atoms with van der Waals surface area (Å²) < 4.78 is 99.6. The summed E-state index contributed by atoms with van der Waals surface area (Å²) in [5.74, 6) is -5.51. The Morgan fingerprint density at radius 2 is 1.41 bits per heavy atom. The zero-order valence-electron chi connectivity index (χ0n) is 15.8. The van der Waals surface area contributed by atoms with Crippen LogP contribution in [0.4, 0.5) is 26.3 Å². The number of likely N-dealkylation sites (N-methyl/N-ethyl adjacent to an activating group) is 1. The number of nitrogens with zero attached hydrogens (tertiary/aromatic N) is 1. The summed E-state index contributed by atoms with van der Waals surface area (Å²) in [6.07, 6.45) is -10.2. The van der Waals surface area contributed by atoms with Crippen molar-refractivity contribution >= 4 is 11.9 Å². The van der Waals surface area contributed by atoms with E-state index < -0.39 is 37.6 Å². The molecule has 1 heterocycles. The van der Waals surface area contributed by atoms with Crippen LogP contribution in [0.5, 0.6) is 0 Å². The Morgan fingerprint density at radius 3 is 1.64 bits per heavy atom. The molecule has 12 heteroatoms. The molecule has 0 aromatic rings. The molecule has 0 radical (unpaired) electrons. The van der Waals surface area contributed by atoms with Crippen molar-refractivity contribution in [3.05, 3.63) is 0 Å². The molecule has 1 saturated heterocycles. The lowest BCUT2D eigenvalue weighted by molar-refractivity contribution is -0.193. The number of halogens is 6. The van der Waals surface area contributed by atoms with Gasteiger partial charge in [0.05, 0.1) is 0 Å². The average Bonchev–Trinajstić information content (AvgIpc) is 2.46. The molecule has 0 aromatic heterocycles. The Kier molecular flexibility index (Phi) is 6.53. The summed E-state index contributed by atoms with van der Waals surface area (Å²) >= 11 is 0. The summed E-state index contributed by atoms with van der Waals surface area (Å²) in [6, 6.07) is 0. The van der Waals surface area contributed by atoms with E-state index in [0.29, 0.717) is 26.2 Å². The van der Waals surface area contributed by atoms with Crippen LogP contribution in [0.25, 0.3) is 0 Å². The van der Waals surface area contributed by atoms with Gasteiger partial charge in [-0.15, -0.1) is 0 Å². The third-order valence-electron chi connectivity index (χ3n) is 1.76. The smallest absolute Gasteiger partial charge is 0.475 e. The van der Waals surface area contributed by atoms with Gasteiger partial charge < -0.3 is 20.4 Å². The maximum atomic E-state index is 10.6. The Hall–Kier alpha value is -1.56. The summed E-state index contributed by atoms with van der Waals surface area (Å²) in [7, 11) is 0. The first-order valence-corrected chi connectivity index (χ1v) is 5.30. The van der Waals surface area contributed by atoms with Crippen molar-refractivity contribution in [3.63, 3.8) is 0 Å². The van der Waals surface area contributed by atoms with E-state index in [0.717, 1.165) is 0 Å². The molecule has 0 atom stereocenters. The maximum absolute atomic E-state index is 10.6. The fraction of sp³-hybridized carbons (Fsp3) is 0.800. The number of carboxylic acid groups (broad SMARTS) is 2. The van der Waals surface area contributed by atoms with Crippen LogP contribution in [0.15, 0.2) is 0 Å². The predicted octanol–water partition coefficient (Wildman–Crippen LogP) is 1.18. The maximum Gasteiger partial charge on any atom is 0.490 e. The molecular formula is C10H16F6N2O4. The Bertz CT molecular complexity index is 468. The first kappa shape index (κ1) is 14.1. The highest BCUT2D eigenvalue weighted by Crippen LogP contribution is 2.13. The van der Waals surface area contributed by atoms with E-state index in [1.807, 2.05) is 0 Å². The number of alkyl halides is 6. The van der Waals surface area contributed by atoms with Crippen LogP contribution in [-0.4, -0.2) is 72.1 Å². The van der Waals surface area contributed by atoms with Crippen LogP contribution >= 0.6 is 0 Å². The van der Waals surface area contributed by atoms with E-state index in [2.05, 4.69) is 5.32 Å². The number of carboxylic acids is 2. The molecule has 0 bridgehead atoms. The zero-order chi connectivity index (χ0) is 22.3. The van der Waals surface area contributed by atoms with Crippen molar-refractivity contribution < 1.29 is 53.0 Å². The van der Waals surface area contributed by atoms with Gasteiger partial charge in [0.15, 0.2) is 0 Å². The first-order chi connectivity index (χ1) is 11.7. The van der Waals surface area contributed by atoms with Gasteiger partial charge in [0.2, 0.25) is 0 Å². The monoisotopic (exact) mass is 347 g/mol. The SMILES string of the molecule is O=C(O)C(F)(F)F.O=C(O)C(F)(F)F.[2H]C([2H])([2H])C([2H])([2H])N1CCNCC1. The van der Waals surface area contributed by atoms with Crippen LogP contribution in [0, 0.1) is 0 Å². The van der Waals surface area contributed by atoms with Gasteiger partial charge >= 0.3 is 24.3 Å². The molecule has 0 spiro atoms. The highest BCUT2D eigenvalue weighted by molar-refractivity contribution is 5.73. The number of rotatable bonds is 1. The van der Waals surface area contributed by atoms with Crippen LogP contribution in [0.1, 0.15) is 13.7 Å². The molecular weight excluding hydrogens is 326 g/mol. The molecule has 1 fully saturated rings. The lowest BCUT2D eigenvalue weighted by Crippen LogP contribution is -2.43. The first-order valence-electron chi connectivity index (χ1n) is 7.80. The largest absolute Gasteiger partial charge is 0.490 e. The highest BCUT2D eigenvalue weighted by Gasteiger charge is 2.38. The number of piperazine rings is 1. The second kappa shape index (κ2) is 10.2. The fourth-order valence-electron chi connectivity index (χ4n) is 0.777. The Balaban J connectivity index is 0. The summed E-state index contributed by atoms with van der Waals surface area (Å²) in [4.78, 5) is 19.2. The van der Waals surface area contributed by atoms with Crippen molar-refractivity contribution in [1.29, 1.82) is 0 Å². The number of nitrogens with one attached hydrogen (secondary N) is 1. The van der Waals surface area contributed by atoms with Gasteiger partial charge in [0.25, 0.3) is 0 Å². The minimum atomic E-state index is -5.08. The quantitative estimate of drug-likeness (QED) is 0.617. The van der Waals surface area contributed by atoms with Crippen molar-refractivity contribution in [2.75, 3.05) is 32.7 Å². The van der Waals surface area contributed by atoms with E-state index in [1.165, 1.54) is 4.90 Å². The minimum absolute atomic E-state index is 0.450. The van der Waals surface area contributed by atoms with Crippen molar-refractivity contribution in [2.24, 2.45) is 0 Å². The van der Waals surface area contributed by atoms with E-state index in [9.17, 15) is 26.3 Å². The minimum Gasteiger partial charge on any atom is -0.475 e. The lowest BCUT2D eigenvalue weighted by Gasteiger charge is -2.25. The van der Waals surface area contributed by atoms with Crippen LogP contribution in [-0.2, 0) is 9.59 Å². The van der Waals surface area contributed by atoms with E-state index in [-0.39, 0.29) is 0 Å². The molecule has 0 amide bonds. The molecule has 1 aliphatic rings.